The summed E-state index contributed by atoms with van der Waals surface area (Å²) in [6, 6.07) is 0.0510. The van der Waals surface area contributed by atoms with Crippen LogP contribution in [0.4, 0.5) is 5.82 Å². The van der Waals surface area contributed by atoms with Crippen LogP contribution >= 0.6 is 0 Å². The van der Waals surface area contributed by atoms with Gasteiger partial charge >= 0.3 is 0 Å². The maximum atomic E-state index is 12.3. The van der Waals surface area contributed by atoms with Crippen molar-refractivity contribution in [3.05, 3.63) is 12.5 Å². The molecule has 136 valence electrons. The van der Waals surface area contributed by atoms with Crippen LogP contribution in [0.25, 0.3) is 11.0 Å². The molecule has 2 aromatic rings. The highest BCUT2D eigenvalue weighted by molar-refractivity contribution is 5.87. The lowest BCUT2D eigenvalue weighted by Crippen LogP contribution is -2.36. The van der Waals surface area contributed by atoms with Crippen LogP contribution in [0.5, 0.6) is 0 Å². The standard InChI is InChI=1S/C16H25N7O2/c1-21(6-7-25-3)4-5-23-10-12(8-14(23)24)20-15-13-9-19-22(2)16(13)18-11-17-15/h9,11-12H,4-8,10H2,1-3H3,(H,17,18,20). The highest BCUT2D eigenvalue weighted by atomic mass is 16.5. The number of aryl methyl sites for hydroxylation is 1. The van der Waals surface area contributed by atoms with Crippen molar-refractivity contribution in [2.24, 2.45) is 7.05 Å². The van der Waals surface area contributed by atoms with E-state index in [9.17, 15) is 4.79 Å². The third-order valence-electron chi connectivity index (χ3n) is 4.51. The minimum Gasteiger partial charge on any atom is -0.383 e. The molecule has 1 fully saturated rings. The summed E-state index contributed by atoms with van der Waals surface area (Å²) < 4.78 is 6.79. The Kier molecular flexibility index (Phi) is 5.44. The van der Waals surface area contributed by atoms with E-state index in [1.165, 1.54) is 6.33 Å². The summed E-state index contributed by atoms with van der Waals surface area (Å²) in [5.74, 6) is 0.907. The summed E-state index contributed by atoms with van der Waals surface area (Å²) in [5, 5.41) is 8.46. The van der Waals surface area contributed by atoms with Gasteiger partial charge in [0.15, 0.2) is 5.65 Å². The molecule has 9 nitrogen and oxygen atoms in total. The van der Waals surface area contributed by atoms with E-state index in [-0.39, 0.29) is 11.9 Å². The Hall–Kier alpha value is -2.26. The zero-order valence-corrected chi connectivity index (χ0v) is 15.0. The van der Waals surface area contributed by atoms with Crippen molar-refractivity contribution >= 4 is 22.8 Å². The number of amides is 1. The van der Waals surface area contributed by atoms with Crippen LogP contribution in [-0.2, 0) is 16.6 Å². The fraction of sp³-hybridized carbons (Fsp3) is 0.625. The minimum absolute atomic E-state index is 0.0510. The fourth-order valence-electron chi connectivity index (χ4n) is 3.01. The Bertz CT molecular complexity index is 732. The quantitative estimate of drug-likeness (QED) is 0.716. The van der Waals surface area contributed by atoms with Crippen molar-refractivity contribution in [3.8, 4) is 0 Å². The summed E-state index contributed by atoms with van der Waals surface area (Å²) in [4.78, 5) is 24.9. The molecule has 9 heteroatoms. The maximum absolute atomic E-state index is 12.3. The smallest absolute Gasteiger partial charge is 0.224 e. The molecule has 3 rings (SSSR count). The van der Waals surface area contributed by atoms with Crippen LogP contribution in [-0.4, -0.2) is 88.4 Å². The van der Waals surface area contributed by atoms with Gasteiger partial charge in [-0.05, 0) is 7.05 Å². The first-order chi connectivity index (χ1) is 12.1. The van der Waals surface area contributed by atoms with Gasteiger partial charge in [0, 0.05) is 46.8 Å². The maximum Gasteiger partial charge on any atom is 0.224 e. The Balaban J connectivity index is 1.57. The number of carbonyl (C=O) groups excluding carboxylic acids is 1. The number of anilines is 1. The average Bonchev–Trinajstić information content (AvgIpc) is 3.15. The number of ether oxygens (including phenoxy) is 1. The Morgan fingerprint density at radius 2 is 2.24 bits per heavy atom. The van der Waals surface area contributed by atoms with Gasteiger partial charge in [-0.3, -0.25) is 9.48 Å². The van der Waals surface area contributed by atoms with Crippen molar-refractivity contribution in [2.75, 3.05) is 52.3 Å². The van der Waals surface area contributed by atoms with Gasteiger partial charge in [-0.25, -0.2) is 9.97 Å². The number of nitrogens with zero attached hydrogens (tertiary/aromatic N) is 6. The zero-order chi connectivity index (χ0) is 17.8. The summed E-state index contributed by atoms with van der Waals surface area (Å²) >= 11 is 0. The summed E-state index contributed by atoms with van der Waals surface area (Å²) in [6.45, 7) is 3.80. The van der Waals surface area contributed by atoms with Gasteiger partial charge < -0.3 is 19.9 Å². The lowest BCUT2D eigenvalue weighted by molar-refractivity contribution is -0.127. The third-order valence-corrected chi connectivity index (χ3v) is 4.51. The van der Waals surface area contributed by atoms with E-state index < -0.39 is 0 Å². The molecule has 0 aromatic carbocycles. The van der Waals surface area contributed by atoms with Gasteiger partial charge in [0.05, 0.1) is 24.2 Å². The number of methoxy groups -OCH3 is 1. The number of carbonyl (C=O) groups is 1. The first-order valence-corrected chi connectivity index (χ1v) is 8.43. The van der Waals surface area contributed by atoms with Crippen LogP contribution in [0.2, 0.25) is 0 Å². The fourth-order valence-corrected chi connectivity index (χ4v) is 3.01. The van der Waals surface area contributed by atoms with Crippen LogP contribution in [0, 0.1) is 0 Å². The second-order valence-corrected chi connectivity index (χ2v) is 6.41. The minimum atomic E-state index is 0.0510. The van der Waals surface area contributed by atoms with E-state index in [0.717, 1.165) is 36.5 Å². The second kappa shape index (κ2) is 7.75. The van der Waals surface area contributed by atoms with E-state index in [0.29, 0.717) is 19.6 Å². The molecule has 25 heavy (non-hydrogen) atoms. The third kappa shape index (κ3) is 4.05. The molecule has 1 amide bonds. The number of aromatic nitrogens is 4. The first-order valence-electron chi connectivity index (χ1n) is 8.43. The van der Waals surface area contributed by atoms with Crippen LogP contribution in [0.15, 0.2) is 12.5 Å². The highest BCUT2D eigenvalue weighted by Crippen LogP contribution is 2.21. The second-order valence-electron chi connectivity index (χ2n) is 6.41. The normalized spacial score (nSPS) is 17.8. The number of hydrogen-bond acceptors (Lipinski definition) is 7. The summed E-state index contributed by atoms with van der Waals surface area (Å²) in [5.41, 5.74) is 0.776. The van der Waals surface area contributed by atoms with Gasteiger partial charge in [-0.2, -0.15) is 5.10 Å². The van der Waals surface area contributed by atoms with Crippen LogP contribution in [0.1, 0.15) is 6.42 Å². The molecule has 0 aliphatic carbocycles. The molecule has 2 aromatic heterocycles. The van der Waals surface area contributed by atoms with Crippen molar-refractivity contribution in [3.63, 3.8) is 0 Å². The van der Waals surface area contributed by atoms with Gasteiger partial charge in [0.2, 0.25) is 5.91 Å². The Morgan fingerprint density at radius 3 is 3.04 bits per heavy atom. The molecular formula is C16H25N7O2. The van der Waals surface area contributed by atoms with E-state index >= 15 is 0 Å². The highest BCUT2D eigenvalue weighted by Gasteiger charge is 2.30. The van der Waals surface area contributed by atoms with Crippen molar-refractivity contribution in [2.45, 2.75) is 12.5 Å². The zero-order valence-electron chi connectivity index (χ0n) is 15.0. The number of hydrogen-bond donors (Lipinski definition) is 1. The molecule has 0 saturated carbocycles. The molecule has 1 atom stereocenters. The van der Waals surface area contributed by atoms with E-state index in [1.807, 2.05) is 19.0 Å². The molecule has 1 unspecified atom stereocenters. The number of fused-ring (bicyclic) bond motifs is 1. The van der Waals surface area contributed by atoms with Gasteiger partial charge in [-0.15, -0.1) is 0 Å². The summed E-state index contributed by atoms with van der Waals surface area (Å²) in [7, 11) is 5.58. The lowest BCUT2D eigenvalue weighted by atomic mass is 10.2. The molecule has 1 aliphatic heterocycles. The average molecular weight is 347 g/mol. The topological polar surface area (TPSA) is 88.4 Å². The van der Waals surface area contributed by atoms with Gasteiger partial charge in [-0.1, -0.05) is 0 Å². The first kappa shape index (κ1) is 17.6. The SMILES string of the molecule is COCCN(C)CCN1CC(Nc2ncnc3c2cnn3C)CC1=O. The van der Waals surface area contributed by atoms with E-state index in [2.05, 4.69) is 25.3 Å². The van der Waals surface area contributed by atoms with Gasteiger partial charge in [0.25, 0.3) is 0 Å². The largest absolute Gasteiger partial charge is 0.383 e. The lowest BCUT2D eigenvalue weighted by Gasteiger charge is -2.22. The predicted molar refractivity (Wildman–Crippen MR) is 94.3 cm³/mol. The molecule has 0 bridgehead atoms. The number of nitrogens with one attached hydrogen (secondary N) is 1. The Labute approximate surface area is 147 Å². The number of likely N-dealkylation sites (tertiary alicyclic amines) is 1. The van der Waals surface area contributed by atoms with E-state index in [1.54, 1.807) is 18.0 Å². The molecule has 1 N–H and O–H groups in total. The molecular weight excluding hydrogens is 322 g/mol. The molecule has 1 saturated heterocycles. The number of rotatable bonds is 8. The predicted octanol–water partition coefficient (Wildman–Crippen LogP) is -0.0457. The monoisotopic (exact) mass is 347 g/mol. The number of likely N-dealkylation sites (N-methyl/N-ethyl adjacent to an activating group) is 1. The molecule has 0 spiro atoms. The van der Waals surface area contributed by atoms with E-state index in [4.69, 9.17) is 4.74 Å². The molecule has 0 radical (unpaired) electrons. The van der Waals surface area contributed by atoms with Crippen molar-refractivity contribution in [1.82, 2.24) is 29.5 Å². The van der Waals surface area contributed by atoms with Crippen LogP contribution in [0.3, 0.4) is 0 Å². The summed E-state index contributed by atoms with van der Waals surface area (Å²) in [6.07, 6.45) is 3.75. The molecule has 3 heterocycles. The van der Waals surface area contributed by atoms with Crippen molar-refractivity contribution < 1.29 is 9.53 Å². The van der Waals surface area contributed by atoms with Crippen molar-refractivity contribution in [1.29, 1.82) is 0 Å². The van der Waals surface area contributed by atoms with Crippen LogP contribution < -0.4 is 5.32 Å². The molecule has 1 aliphatic rings. The Morgan fingerprint density at radius 1 is 1.40 bits per heavy atom. The van der Waals surface area contributed by atoms with Gasteiger partial charge in [0.1, 0.15) is 12.1 Å².